The molecule has 0 aromatic heterocycles. The van der Waals surface area contributed by atoms with E-state index in [1.807, 2.05) is 42.5 Å². The van der Waals surface area contributed by atoms with Crippen molar-refractivity contribution in [3.63, 3.8) is 0 Å². The van der Waals surface area contributed by atoms with Gasteiger partial charge in [0.2, 0.25) is 0 Å². The third-order valence-electron chi connectivity index (χ3n) is 4.76. The monoisotopic (exact) mass is 396 g/mol. The molecule has 4 nitrogen and oxygen atoms in total. The van der Waals surface area contributed by atoms with Crippen molar-refractivity contribution in [1.82, 2.24) is 0 Å². The Bertz CT molecular complexity index is 726. The number of azo groups is 1. The van der Waals surface area contributed by atoms with Gasteiger partial charge in [0.1, 0.15) is 17.2 Å². The number of benzene rings is 2. The summed E-state index contributed by atoms with van der Waals surface area (Å²) in [5, 5.41) is 8.79. The van der Waals surface area contributed by atoms with Crippen molar-refractivity contribution in [2.75, 3.05) is 13.2 Å². The normalized spacial score (nSPS) is 11.1. The molecule has 0 aliphatic heterocycles. The first-order chi connectivity index (χ1) is 14.2. The second-order valence-electron chi connectivity index (χ2n) is 7.48. The van der Waals surface area contributed by atoms with E-state index in [2.05, 4.69) is 31.0 Å². The Morgan fingerprint density at radius 3 is 2.00 bits per heavy atom. The Hall–Kier alpha value is -2.36. The summed E-state index contributed by atoms with van der Waals surface area (Å²) in [6.07, 6.45) is 9.47. The first-order valence-electron chi connectivity index (χ1n) is 11.1. The van der Waals surface area contributed by atoms with Crippen molar-refractivity contribution in [2.24, 2.45) is 10.2 Å². The van der Waals surface area contributed by atoms with E-state index in [9.17, 15) is 0 Å². The van der Waals surface area contributed by atoms with Gasteiger partial charge in [-0.2, -0.15) is 5.11 Å². The van der Waals surface area contributed by atoms with Gasteiger partial charge in [0.05, 0.1) is 18.9 Å². The van der Waals surface area contributed by atoms with E-state index >= 15 is 0 Å². The summed E-state index contributed by atoms with van der Waals surface area (Å²) in [6, 6.07) is 13.8. The fourth-order valence-electron chi connectivity index (χ4n) is 2.94. The molecule has 0 bridgehead atoms. The highest BCUT2D eigenvalue weighted by atomic mass is 16.5. The zero-order valence-corrected chi connectivity index (χ0v) is 18.3. The molecule has 158 valence electrons. The number of unbranched alkanes of at least 4 members (excludes halogenated alkanes) is 6. The van der Waals surface area contributed by atoms with Crippen LogP contribution in [0.25, 0.3) is 0 Å². The quantitative estimate of drug-likeness (QED) is 0.238. The van der Waals surface area contributed by atoms with Crippen molar-refractivity contribution in [3.05, 3.63) is 48.0 Å². The van der Waals surface area contributed by atoms with Crippen LogP contribution in [0.5, 0.6) is 11.5 Å². The molecule has 0 radical (unpaired) electrons. The third-order valence-corrected chi connectivity index (χ3v) is 4.76. The predicted molar refractivity (Wildman–Crippen MR) is 121 cm³/mol. The van der Waals surface area contributed by atoms with E-state index in [1.165, 1.54) is 44.1 Å². The minimum Gasteiger partial charge on any atom is -0.493 e. The van der Waals surface area contributed by atoms with Crippen LogP contribution in [0.4, 0.5) is 11.4 Å². The Labute approximate surface area is 176 Å². The van der Waals surface area contributed by atoms with Crippen LogP contribution in [-0.4, -0.2) is 13.2 Å². The fourth-order valence-corrected chi connectivity index (χ4v) is 2.94. The zero-order valence-electron chi connectivity index (χ0n) is 18.3. The summed E-state index contributed by atoms with van der Waals surface area (Å²) in [7, 11) is 0. The zero-order chi connectivity index (χ0) is 20.7. The molecule has 2 aromatic carbocycles. The maximum atomic E-state index is 6.04. The van der Waals surface area contributed by atoms with Gasteiger partial charge in [-0.25, -0.2) is 0 Å². The van der Waals surface area contributed by atoms with Gasteiger partial charge in [0.25, 0.3) is 0 Å². The highest BCUT2D eigenvalue weighted by molar-refractivity contribution is 5.55. The third kappa shape index (κ3) is 9.12. The number of hydrogen-bond donors (Lipinski definition) is 0. The Kier molecular flexibility index (Phi) is 10.9. The van der Waals surface area contributed by atoms with Crippen LogP contribution in [0.15, 0.2) is 52.7 Å². The number of hydrogen-bond acceptors (Lipinski definition) is 4. The Morgan fingerprint density at radius 1 is 0.690 bits per heavy atom. The summed E-state index contributed by atoms with van der Waals surface area (Å²) in [5.74, 6) is 1.57. The van der Waals surface area contributed by atoms with E-state index in [-0.39, 0.29) is 0 Å². The maximum Gasteiger partial charge on any atom is 0.150 e. The molecule has 0 amide bonds. The van der Waals surface area contributed by atoms with Gasteiger partial charge in [0.15, 0.2) is 0 Å². The van der Waals surface area contributed by atoms with Gasteiger partial charge in [-0.3, -0.25) is 0 Å². The van der Waals surface area contributed by atoms with Crippen LogP contribution < -0.4 is 9.47 Å². The minimum atomic E-state index is 0.688. The lowest BCUT2D eigenvalue weighted by atomic mass is 10.2. The Balaban J connectivity index is 2.03. The molecule has 29 heavy (non-hydrogen) atoms. The summed E-state index contributed by atoms with van der Waals surface area (Å²) in [5.41, 5.74) is 2.78. The van der Waals surface area contributed by atoms with Gasteiger partial charge in [-0.05, 0) is 44.0 Å². The lowest BCUT2D eigenvalue weighted by Gasteiger charge is -2.11. The number of ether oxygens (including phenoxy) is 2. The summed E-state index contributed by atoms with van der Waals surface area (Å²) >= 11 is 0. The van der Waals surface area contributed by atoms with Crippen LogP contribution >= 0.6 is 0 Å². The van der Waals surface area contributed by atoms with Crippen molar-refractivity contribution < 1.29 is 9.47 Å². The molecule has 4 heteroatoms. The van der Waals surface area contributed by atoms with Gasteiger partial charge in [-0.15, -0.1) is 5.11 Å². The topological polar surface area (TPSA) is 43.2 Å². The van der Waals surface area contributed by atoms with Crippen LogP contribution in [-0.2, 0) is 0 Å². The highest BCUT2D eigenvalue weighted by Crippen LogP contribution is 2.33. The molecule has 0 saturated carbocycles. The molecular formula is C25H36N2O2. The van der Waals surface area contributed by atoms with Crippen LogP contribution in [0.1, 0.15) is 70.8 Å². The maximum absolute atomic E-state index is 6.04. The molecule has 0 atom stereocenters. The van der Waals surface area contributed by atoms with E-state index in [4.69, 9.17) is 9.47 Å². The molecule has 2 rings (SSSR count). The van der Waals surface area contributed by atoms with Crippen molar-refractivity contribution in [1.29, 1.82) is 0 Å². The SMILES string of the molecule is CCCCCCOc1ccc(N=Nc2ccc(C)cc2)c(OCCCCCC)c1. The lowest BCUT2D eigenvalue weighted by Crippen LogP contribution is -2.00. The van der Waals surface area contributed by atoms with E-state index in [0.717, 1.165) is 42.3 Å². The van der Waals surface area contributed by atoms with E-state index < -0.39 is 0 Å². The summed E-state index contributed by atoms with van der Waals surface area (Å²) in [6.45, 7) is 7.92. The van der Waals surface area contributed by atoms with Gasteiger partial charge in [0, 0.05) is 6.07 Å². The molecule has 0 heterocycles. The second-order valence-corrected chi connectivity index (χ2v) is 7.48. The molecule has 2 aromatic rings. The van der Waals surface area contributed by atoms with E-state index in [0.29, 0.717) is 6.61 Å². The molecule has 0 N–H and O–H groups in total. The minimum absolute atomic E-state index is 0.688. The smallest absolute Gasteiger partial charge is 0.150 e. The van der Waals surface area contributed by atoms with Gasteiger partial charge >= 0.3 is 0 Å². The average molecular weight is 397 g/mol. The number of aryl methyl sites for hydroxylation is 1. The molecule has 0 spiro atoms. The van der Waals surface area contributed by atoms with Crippen LogP contribution in [0.2, 0.25) is 0 Å². The van der Waals surface area contributed by atoms with Crippen molar-refractivity contribution in [2.45, 2.75) is 72.1 Å². The van der Waals surface area contributed by atoms with Crippen molar-refractivity contribution in [3.8, 4) is 11.5 Å². The van der Waals surface area contributed by atoms with Crippen LogP contribution in [0.3, 0.4) is 0 Å². The fraction of sp³-hybridized carbons (Fsp3) is 0.520. The largest absolute Gasteiger partial charge is 0.493 e. The first kappa shape index (κ1) is 22.9. The first-order valence-corrected chi connectivity index (χ1v) is 11.1. The molecule has 0 unspecified atom stereocenters. The second kappa shape index (κ2) is 13.8. The van der Waals surface area contributed by atoms with Gasteiger partial charge < -0.3 is 9.47 Å². The lowest BCUT2D eigenvalue weighted by molar-refractivity contribution is 0.291. The number of rotatable bonds is 14. The van der Waals surface area contributed by atoms with Crippen molar-refractivity contribution >= 4 is 11.4 Å². The van der Waals surface area contributed by atoms with E-state index in [1.54, 1.807) is 0 Å². The molecule has 0 aliphatic carbocycles. The molecule has 0 saturated heterocycles. The summed E-state index contributed by atoms with van der Waals surface area (Å²) in [4.78, 5) is 0. The van der Waals surface area contributed by atoms with Crippen LogP contribution in [0, 0.1) is 6.92 Å². The molecule has 0 fully saturated rings. The summed E-state index contributed by atoms with van der Waals surface area (Å²) < 4.78 is 12.0. The van der Waals surface area contributed by atoms with Gasteiger partial charge in [-0.1, -0.05) is 70.1 Å². The standard InChI is InChI=1S/C25H36N2O2/c1-4-6-8-10-18-28-23-16-17-24(25(20-23)29-19-11-9-7-5-2)27-26-22-14-12-21(3)13-15-22/h12-17,20H,4-11,18-19H2,1-3H3. The molecular weight excluding hydrogens is 360 g/mol. The average Bonchev–Trinajstić information content (AvgIpc) is 2.74. The molecule has 0 aliphatic rings. The highest BCUT2D eigenvalue weighted by Gasteiger charge is 2.07. The number of nitrogens with zero attached hydrogens (tertiary/aromatic N) is 2. The predicted octanol–water partition coefficient (Wildman–Crippen LogP) is 8.33. The Morgan fingerprint density at radius 2 is 1.34 bits per heavy atom.